The maximum Gasteiger partial charge on any atom is 0.426 e. The van der Waals surface area contributed by atoms with Crippen molar-refractivity contribution in [1.29, 1.82) is 0 Å². The van der Waals surface area contributed by atoms with Gasteiger partial charge in [-0.05, 0) is 124 Å². The summed E-state index contributed by atoms with van der Waals surface area (Å²) in [5, 5.41) is 9.57. The number of hydrogen-bond donors (Lipinski definition) is 1. The second-order valence-corrected chi connectivity index (χ2v) is 12.9. The van der Waals surface area contributed by atoms with Gasteiger partial charge in [-0.3, -0.25) is 0 Å². The van der Waals surface area contributed by atoms with Crippen LogP contribution in [-0.4, -0.2) is 30.6 Å². The second-order valence-electron chi connectivity index (χ2n) is 12.9. The predicted octanol–water partition coefficient (Wildman–Crippen LogP) is 10.5. The minimum absolute atomic E-state index is 0.157. The van der Waals surface area contributed by atoms with Crippen molar-refractivity contribution in [2.45, 2.75) is 103 Å². The Kier molecular flexibility index (Phi) is 16.2. The minimum Gasteiger partial charge on any atom is -0.462 e. The molecule has 0 heterocycles. The molecule has 0 saturated heterocycles. The molecule has 1 N–H and O–H groups in total. The Morgan fingerprint density at radius 2 is 1.20 bits per heavy atom. The third-order valence-electron chi connectivity index (χ3n) is 8.21. The molecule has 3 aromatic rings. The summed E-state index contributed by atoms with van der Waals surface area (Å²) in [6, 6.07) is 15.5. The number of benzene rings is 3. The van der Waals surface area contributed by atoms with Crippen LogP contribution in [0.3, 0.4) is 0 Å². The number of unbranched alkanes of at least 4 members (excludes halogenated alkanes) is 6. The summed E-state index contributed by atoms with van der Waals surface area (Å²) >= 11 is 0. The highest BCUT2D eigenvalue weighted by molar-refractivity contribution is 5.86. The molecular formula is C41H50F4O6. The molecule has 1 unspecified atom stereocenters. The molecule has 0 aliphatic rings. The van der Waals surface area contributed by atoms with Crippen molar-refractivity contribution in [1.82, 2.24) is 0 Å². The normalized spacial score (nSPS) is 12.3. The average Bonchev–Trinajstić information content (AvgIpc) is 3.08. The first kappa shape index (κ1) is 41.3. The zero-order valence-corrected chi connectivity index (χ0v) is 29.8. The van der Waals surface area contributed by atoms with Crippen LogP contribution in [0.1, 0.15) is 93.0 Å². The van der Waals surface area contributed by atoms with Crippen LogP contribution in [0.5, 0.6) is 11.5 Å². The van der Waals surface area contributed by atoms with Crippen molar-refractivity contribution in [2.24, 2.45) is 0 Å². The molecular weight excluding hydrogens is 664 g/mol. The lowest BCUT2D eigenvalue weighted by Gasteiger charge is -2.22. The van der Waals surface area contributed by atoms with E-state index in [4.69, 9.17) is 18.9 Å². The number of carbonyl (C=O) groups excluding carboxylic acids is 1. The molecule has 51 heavy (non-hydrogen) atoms. The minimum atomic E-state index is -3.65. The van der Waals surface area contributed by atoms with E-state index >= 15 is 17.6 Å². The first-order valence-electron chi connectivity index (χ1n) is 17.4. The molecule has 0 aromatic heterocycles. The number of alkyl halides is 4. The van der Waals surface area contributed by atoms with Crippen molar-refractivity contribution in [3.8, 4) is 11.5 Å². The fourth-order valence-electron chi connectivity index (χ4n) is 5.13. The van der Waals surface area contributed by atoms with E-state index < -0.39 is 24.5 Å². The van der Waals surface area contributed by atoms with Crippen LogP contribution in [0.2, 0.25) is 0 Å². The number of aliphatic hydroxyl groups is 1. The Bertz CT molecular complexity index is 1550. The molecule has 10 heteroatoms. The van der Waals surface area contributed by atoms with Crippen LogP contribution in [0, 0.1) is 6.92 Å². The smallest absolute Gasteiger partial charge is 0.426 e. The summed E-state index contributed by atoms with van der Waals surface area (Å²) in [5.41, 5.74) is 2.32. The van der Waals surface area contributed by atoms with Gasteiger partial charge in [-0.15, -0.1) is 0 Å². The van der Waals surface area contributed by atoms with Crippen LogP contribution in [0.4, 0.5) is 17.6 Å². The fourth-order valence-corrected chi connectivity index (χ4v) is 5.13. The molecule has 278 valence electrons. The number of ether oxygens (including phenoxy) is 4. The van der Waals surface area contributed by atoms with E-state index in [1.807, 2.05) is 0 Å². The maximum absolute atomic E-state index is 15.1. The summed E-state index contributed by atoms with van der Waals surface area (Å²) in [5.74, 6) is -0.737. The van der Waals surface area contributed by atoms with Gasteiger partial charge in [0.15, 0.2) is 6.29 Å². The molecule has 3 rings (SSSR count). The molecule has 0 aliphatic heterocycles. The number of aryl methyl sites for hydroxylation is 3. The van der Waals surface area contributed by atoms with Crippen LogP contribution in [0.25, 0.3) is 0 Å². The van der Waals surface area contributed by atoms with Gasteiger partial charge >= 0.3 is 18.2 Å². The monoisotopic (exact) mass is 714 g/mol. The largest absolute Gasteiger partial charge is 0.462 e. The van der Waals surface area contributed by atoms with Crippen molar-refractivity contribution in [3.05, 3.63) is 119 Å². The van der Waals surface area contributed by atoms with Gasteiger partial charge in [-0.2, -0.15) is 17.6 Å². The third-order valence-corrected chi connectivity index (χ3v) is 8.21. The molecule has 0 amide bonds. The molecule has 0 saturated carbocycles. The number of rotatable bonds is 23. The maximum atomic E-state index is 15.1. The quantitative estimate of drug-likeness (QED) is 0.0263. The lowest BCUT2D eigenvalue weighted by molar-refractivity contribution is -0.188. The number of carbonyl (C=O) groups is 1. The highest BCUT2D eigenvalue weighted by atomic mass is 19.3. The molecule has 1 atom stereocenters. The highest BCUT2D eigenvalue weighted by Gasteiger charge is 2.36. The van der Waals surface area contributed by atoms with Gasteiger partial charge in [0.25, 0.3) is 0 Å². The first-order chi connectivity index (χ1) is 24.2. The number of esters is 1. The van der Waals surface area contributed by atoms with Crippen molar-refractivity contribution < 1.29 is 46.4 Å². The lowest BCUT2D eigenvalue weighted by Crippen LogP contribution is -2.23. The van der Waals surface area contributed by atoms with Crippen LogP contribution < -0.4 is 9.47 Å². The predicted molar refractivity (Wildman–Crippen MR) is 190 cm³/mol. The lowest BCUT2D eigenvalue weighted by atomic mass is 10.0. The van der Waals surface area contributed by atoms with Crippen LogP contribution in [-0.2, 0) is 39.3 Å². The molecule has 0 spiro atoms. The van der Waals surface area contributed by atoms with Crippen molar-refractivity contribution >= 4 is 5.97 Å². The standard InChI is InChI=1S/C41H50F4O6/c1-29(2)38(46)48-26-12-8-6-10-14-32-16-20-34(21-17-32)40(42,43)50-36-24-25-37(31(5)28-36)51-41(44,45)35-22-18-33(19-23-35)15-11-7-9-13-27-49-39(47)30(3)4/h16-25,28,38,46H,1,3,6-15,26-27H2,2,4-5H3. The van der Waals surface area contributed by atoms with Crippen LogP contribution >= 0.6 is 0 Å². The summed E-state index contributed by atoms with van der Waals surface area (Å²) in [6.45, 7) is 12.7. The van der Waals surface area contributed by atoms with Crippen molar-refractivity contribution in [3.63, 3.8) is 0 Å². The van der Waals surface area contributed by atoms with E-state index in [2.05, 4.69) is 13.2 Å². The van der Waals surface area contributed by atoms with Gasteiger partial charge in [0.05, 0.1) is 24.3 Å². The first-order valence-corrected chi connectivity index (χ1v) is 17.4. The number of halogens is 4. The number of hydrogen-bond acceptors (Lipinski definition) is 6. The van der Waals surface area contributed by atoms with Gasteiger partial charge in [-0.25, -0.2) is 4.79 Å². The fraction of sp³-hybridized carbons (Fsp3) is 0.439. The third kappa shape index (κ3) is 14.2. The highest BCUT2D eigenvalue weighted by Crippen LogP contribution is 2.37. The van der Waals surface area contributed by atoms with E-state index in [0.29, 0.717) is 30.8 Å². The summed E-state index contributed by atoms with van der Waals surface area (Å²) in [4.78, 5) is 11.4. The Morgan fingerprint density at radius 1 is 0.706 bits per heavy atom. The molecule has 6 nitrogen and oxygen atoms in total. The van der Waals surface area contributed by atoms with Gasteiger partial charge in [0.2, 0.25) is 0 Å². The zero-order valence-electron chi connectivity index (χ0n) is 29.8. The van der Waals surface area contributed by atoms with Gasteiger partial charge in [0, 0.05) is 5.57 Å². The van der Waals surface area contributed by atoms with Gasteiger partial charge < -0.3 is 24.1 Å². The summed E-state index contributed by atoms with van der Waals surface area (Å²) in [6.07, 6.45) is 0.148. The SMILES string of the molecule is C=C(C)C(=O)OCCCCCCc1ccc(C(F)(F)Oc2ccc(OC(F)(F)c3ccc(CCCCCCOC(O)C(=C)C)cc3)cc2C)cc1. The van der Waals surface area contributed by atoms with E-state index in [1.54, 1.807) is 38.1 Å². The Hall–Kier alpha value is -4.15. The van der Waals surface area contributed by atoms with E-state index in [-0.39, 0.29) is 28.2 Å². The molecule has 3 aromatic carbocycles. The molecule has 0 aliphatic carbocycles. The Morgan fingerprint density at radius 3 is 1.69 bits per heavy atom. The molecule has 0 fully saturated rings. The number of aliphatic hydroxyl groups excluding tert-OH is 1. The molecule has 0 radical (unpaired) electrons. The second kappa shape index (κ2) is 20.0. The van der Waals surface area contributed by atoms with E-state index in [0.717, 1.165) is 68.9 Å². The topological polar surface area (TPSA) is 74.2 Å². The zero-order chi connectivity index (χ0) is 37.4. The Balaban J connectivity index is 1.44. The van der Waals surface area contributed by atoms with E-state index in [9.17, 15) is 9.90 Å². The summed E-state index contributed by atoms with van der Waals surface area (Å²) < 4.78 is 80.6. The van der Waals surface area contributed by atoms with E-state index in [1.165, 1.54) is 49.4 Å². The Labute approximate surface area is 299 Å². The van der Waals surface area contributed by atoms with Gasteiger partial charge in [-0.1, -0.05) is 63.1 Å². The summed E-state index contributed by atoms with van der Waals surface area (Å²) in [7, 11) is 0. The molecule has 0 bridgehead atoms. The van der Waals surface area contributed by atoms with Crippen LogP contribution in [0.15, 0.2) is 91.0 Å². The van der Waals surface area contributed by atoms with Crippen molar-refractivity contribution in [2.75, 3.05) is 13.2 Å². The van der Waals surface area contributed by atoms with Gasteiger partial charge in [0.1, 0.15) is 11.5 Å². The average molecular weight is 715 g/mol.